The van der Waals surface area contributed by atoms with E-state index in [-0.39, 0.29) is 11.9 Å². The molecule has 2 nitrogen and oxygen atoms in total. The van der Waals surface area contributed by atoms with Gasteiger partial charge >= 0.3 is 0 Å². The highest BCUT2D eigenvalue weighted by Gasteiger charge is 2.05. The van der Waals surface area contributed by atoms with Crippen molar-refractivity contribution in [2.45, 2.75) is 37.6 Å². The van der Waals surface area contributed by atoms with Crippen molar-refractivity contribution in [3.05, 3.63) is 29.3 Å². The maximum atomic E-state index is 11.5. The van der Waals surface area contributed by atoms with Crippen LogP contribution in [-0.2, 0) is 4.79 Å². The second-order valence-corrected chi connectivity index (χ2v) is 5.53. The van der Waals surface area contributed by atoms with Crippen LogP contribution in [-0.4, -0.2) is 17.7 Å². The molecule has 1 N–H and O–H groups in total. The summed E-state index contributed by atoms with van der Waals surface area (Å²) in [5.41, 5.74) is 0. The first-order chi connectivity index (χ1) is 8.11. The maximum Gasteiger partial charge on any atom is 0.221 e. The van der Waals surface area contributed by atoms with Crippen LogP contribution in [0.2, 0.25) is 5.02 Å². The topological polar surface area (TPSA) is 29.1 Å². The lowest BCUT2D eigenvalue weighted by Crippen LogP contribution is -2.32. The standard InChI is InChI=1S/C13H18ClNOS/c1-3-10(2)15-13(16)8-9-17-12-6-4-11(14)5-7-12/h4-7,10H,3,8-9H2,1-2H3,(H,15,16). The Morgan fingerprint density at radius 2 is 2.06 bits per heavy atom. The Labute approximate surface area is 112 Å². The quantitative estimate of drug-likeness (QED) is 0.799. The zero-order chi connectivity index (χ0) is 12.7. The molecule has 0 aromatic heterocycles. The summed E-state index contributed by atoms with van der Waals surface area (Å²) in [7, 11) is 0. The number of hydrogen-bond acceptors (Lipinski definition) is 2. The lowest BCUT2D eigenvalue weighted by Gasteiger charge is -2.10. The number of nitrogens with one attached hydrogen (secondary N) is 1. The van der Waals surface area contributed by atoms with Crippen LogP contribution < -0.4 is 5.32 Å². The summed E-state index contributed by atoms with van der Waals surface area (Å²) in [6.07, 6.45) is 1.52. The van der Waals surface area contributed by atoms with E-state index in [9.17, 15) is 4.79 Å². The molecule has 1 amide bonds. The Kier molecular flexibility index (Phi) is 6.45. The molecule has 0 spiro atoms. The third-order valence-corrected chi connectivity index (χ3v) is 3.70. The van der Waals surface area contributed by atoms with Gasteiger partial charge in [-0.2, -0.15) is 0 Å². The second kappa shape index (κ2) is 7.62. The van der Waals surface area contributed by atoms with Crippen molar-refractivity contribution in [2.75, 3.05) is 5.75 Å². The molecule has 0 aliphatic heterocycles. The van der Waals surface area contributed by atoms with E-state index in [1.54, 1.807) is 11.8 Å². The van der Waals surface area contributed by atoms with Gasteiger partial charge in [-0.25, -0.2) is 0 Å². The Balaban J connectivity index is 2.23. The highest BCUT2D eigenvalue weighted by Crippen LogP contribution is 2.20. The van der Waals surface area contributed by atoms with Gasteiger partial charge in [-0.05, 0) is 37.6 Å². The summed E-state index contributed by atoms with van der Waals surface area (Å²) in [5, 5.41) is 3.69. The minimum atomic E-state index is 0.126. The maximum absolute atomic E-state index is 11.5. The Morgan fingerprint density at radius 3 is 2.65 bits per heavy atom. The fourth-order valence-electron chi connectivity index (χ4n) is 1.24. The van der Waals surface area contributed by atoms with Crippen LogP contribution in [0.15, 0.2) is 29.2 Å². The van der Waals surface area contributed by atoms with E-state index in [1.807, 2.05) is 31.2 Å². The van der Waals surface area contributed by atoms with E-state index in [4.69, 9.17) is 11.6 Å². The molecule has 94 valence electrons. The molecule has 1 aromatic carbocycles. The normalized spacial score (nSPS) is 12.2. The highest BCUT2D eigenvalue weighted by atomic mass is 35.5. The van der Waals surface area contributed by atoms with Crippen molar-refractivity contribution < 1.29 is 4.79 Å². The van der Waals surface area contributed by atoms with Crippen LogP contribution in [0.1, 0.15) is 26.7 Å². The molecule has 4 heteroatoms. The van der Waals surface area contributed by atoms with Crippen molar-refractivity contribution in [3.63, 3.8) is 0 Å². The molecule has 0 fully saturated rings. The lowest BCUT2D eigenvalue weighted by atomic mass is 10.2. The molecule has 1 rings (SSSR count). The Hall–Kier alpha value is -0.670. The minimum absolute atomic E-state index is 0.126. The highest BCUT2D eigenvalue weighted by molar-refractivity contribution is 7.99. The van der Waals surface area contributed by atoms with Crippen LogP contribution in [0.25, 0.3) is 0 Å². The monoisotopic (exact) mass is 271 g/mol. The molecule has 0 saturated carbocycles. The largest absolute Gasteiger partial charge is 0.354 e. The van der Waals surface area contributed by atoms with E-state index in [0.29, 0.717) is 6.42 Å². The molecule has 0 radical (unpaired) electrons. The van der Waals surface area contributed by atoms with Crippen molar-refractivity contribution in [1.82, 2.24) is 5.32 Å². The SMILES string of the molecule is CCC(C)NC(=O)CCSc1ccc(Cl)cc1. The van der Waals surface area contributed by atoms with Crippen LogP contribution in [0.3, 0.4) is 0 Å². The van der Waals surface area contributed by atoms with Gasteiger partial charge in [-0.1, -0.05) is 18.5 Å². The Morgan fingerprint density at radius 1 is 1.41 bits per heavy atom. The van der Waals surface area contributed by atoms with Gasteiger partial charge in [0.25, 0.3) is 0 Å². The third-order valence-electron chi connectivity index (χ3n) is 2.43. The molecule has 0 bridgehead atoms. The fraction of sp³-hybridized carbons (Fsp3) is 0.462. The average molecular weight is 272 g/mol. The summed E-state index contributed by atoms with van der Waals surface area (Å²) in [6, 6.07) is 7.94. The number of benzene rings is 1. The number of carbonyl (C=O) groups excluding carboxylic acids is 1. The van der Waals surface area contributed by atoms with Gasteiger partial charge in [0.15, 0.2) is 0 Å². The molecule has 1 unspecified atom stereocenters. The number of thioether (sulfide) groups is 1. The van der Waals surface area contributed by atoms with Crippen LogP contribution >= 0.6 is 23.4 Å². The number of hydrogen-bond donors (Lipinski definition) is 1. The summed E-state index contributed by atoms with van der Waals surface area (Å²) in [5.74, 6) is 0.921. The zero-order valence-corrected chi connectivity index (χ0v) is 11.8. The molecule has 17 heavy (non-hydrogen) atoms. The summed E-state index contributed by atoms with van der Waals surface area (Å²) < 4.78 is 0. The lowest BCUT2D eigenvalue weighted by molar-refractivity contribution is -0.121. The van der Waals surface area contributed by atoms with E-state index < -0.39 is 0 Å². The predicted molar refractivity (Wildman–Crippen MR) is 74.7 cm³/mol. The van der Waals surface area contributed by atoms with Gasteiger partial charge in [0, 0.05) is 28.1 Å². The summed E-state index contributed by atoms with van der Waals surface area (Å²) in [4.78, 5) is 12.7. The zero-order valence-electron chi connectivity index (χ0n) is 10.2. The van der Waals surface area contributed by atoms with Crippen molar-refractivity contribution in [3.8, 4) is 0 Å². The third kappa shape index (κ3) is 5.99. The molecule has 0 aliphatic carbocycles. The summed E-state index contributed by atoms with van der Waals surface area (Å²) >= 11 is 7.47. The number of carbonyl (C=O) groups is 1. The van der Waals surface area contributed by atoms with E-state index in [0.717, 1.165) is 22.1 Å². The second-order valence-electron chi connectivity index (χ2n) is 3.93. The van der Waals surface area contributed by atoms with Crippen LogP contribution in [0.4, 0.5) is 0 Å². The molecule has 1 atom stereocenters. The molecule has 0 saturated heterocycles. The average Bonchev–Trinajstić information content (AvgIpc) is 2.31. The molecule has 1 aromatic rings. The smallest absolute Gasteiger partial charge is 0.221 e. The van der Waals surface area contributed by atoms with Gasteiger partial charge in [-0.3, -0.25) is 4.79 Å². The van der Waals surface area contributed by atoms with Gasteiger partial charge in [0.1, 0.15) is 0 Å². The van der Waals surface area contributed by atoms with Crippen LogP contribution in [0, 0.1) is 0 Å². The first kappa shape index (κ1) is 14.4. The van der Waals surface area contributed by atoms with Crippen molar-refractivity contribution >= 4 is 29.3 Å². The Bertz CT molecular complexity index is 353. The fourth-order valence-corrected chi connectivity index (χ4v) is 2.22. The van der Waals surface area contributed by atoms with Gasteiger partial charge in [-0.15, -0.1) is 11.8 Å². The first-order valence-corrected chi connectivity index (χ1v) is 7.16. The van der Waals surface area contributed by atoms with Gasteiger partial charge < -0.3 is 5.32 Å². The van der Waals surface area contributed by atoms with Crippen molar-refractivity contribution in [2.24, 2.45) is 0 Å². The number of amides is 1. The van der Waals surface area contributed by atoms with Gasteiger partial charge in [0.2, 0.25) is 5.91 Å². The molecular formula is C13H18ClNOS. The summed E-state index contributed by atoms with van der Waals surface area (Å²) in [6.45, 7) is 4.08. The van der Waals surface area contributed by atoms with Crippen LogP contribution in [0.5, 0.6) is 0 Å². The first-order valence-electron chi connectivity index (χ1n) is 5.79. The molecule has 0 aliphatic rings. The minimum Gasteiger partial charge on any atom is -0.354 e. The van der Waals surface area contributed by atoms with Crippen molar-refractivity contribution in [1.29, 1.82) is 0 Å². The number of rotatable bonds is 6. The molecular weight excluding hydrogens is 254 g/mol. The van der Waals surface area contributed by atoms with E-state index in [2.05, 4.69) is 12.2 Å². The predicted octanol–water partition coefficient (Wildman–Crippen LogP) is 3.74. The number of halogens is 1. The molecule has 0 heterocycles. The van der Waals surface area contributed by atoms with E-state index >= 15 is 0 Å². The van der Waals surface area contributed by atoms with E-state index in [1.165, 1.54) is 0 Å². The van der Waals surface area contributed by atoms with Gasteiger partial charge in [0.05, 0.1) is 0 Å².